The number of anilines is 1. The second-order valence-corrected chi connectivity index (χ2v) is 5.51. The van der Waals surface area contributed by atoms with Crippen molar-refractivity contribution in [2.45, 2.75) is 25.9 Å². The van der Waals surface area contributed by atoms with E-state index in [0.29, 0.717) is 29.3 Å². The number of benzene rings is 2. The molecule has 0 aromatic heterocycles. The lowest BCUT2D eigenvalue weighted by molar-refractivity contribution is -0.122. The summed E-state index contributed by atoms with van der Waals surface area (Å²) >= 11 is 6.06. The smallest absolute Gasteiger partial charge is 0.265 e. The van der Waals surface area contributed by atoms with Gasteiger partial charge in [0.05, 0.1) is 5.02 Å². The number of nitrogens with one attached hydrogen (secondary N) is 1. The van der Waals surface area contributed by atoms with E-state index in [1.54, 1.807) is 12.1 Å². The zero-order chi connectivity index (χ0) is 16.7. The Hall–Kier alpha value is -2.04. The van der Waals surface area contributed by atoms with Crippen LogP contribution in [0.15, 0.2) is 48.5 Å². The predicted molar refractivity (Wildman–Crippen MR) is 92.0 cm³/mol. The fourth-order valence-electron chi connectivity index (χ4n) is 2.12. The van der Waals surface area contributed by atoms with Gasteiger partial charge >= 0.3 is 0 Å². The average molecular weight is 334 g/mol. The summed E-state index contributed by atoms with van der Waals surface area (Å²) in [6, 6.07) is 14.5. The molecule has 0 spiro atoms. The number of hydrogen-bond donors (Lipinski definition) is 2. The van der Waals surface area contributed by atoms with Crippen LogP contribution in [0.5, 0.6) is 5.75 Å². The lowest BCUT2D eigenvalue weighted by Gasteiger charge is -2.18. The van der Waals surface area contributed by atoms with Gasteiger partial charge < -0.3 is 15.2 Å². The first-order valence-corrected chi connectivity index (χ1v) is 7.93. The highest BCUT2D eigenvalue weighted by Gasteiger charge is 2.19. The Morgan fingerprint density at radius 1 is 1.22 bits per heavy atom. The first kappa shape index (κ1) is 17.3. The van der Waals surface area contributed by atoms with E-state index in [1.165, 1.54) is 0 Å². The van der Waals surface area contributed by atoms with E-state index in [0.717, 1.165) is 5.56 Å². The van der Waals surface area contributed by atoms with Gasteiger partial charge in [-0.3, -0.25) is 4.79 Å². The van der Waals surface area contributed by atoms with Gasteiger partial charge in [-0.25, -0.2) is 0 Å². The lowest BCUT2D eigenvalue weighted by Crippen LogP contribution is -2.32. The third-order valence-electron chi connectivity index (χ3n) is 3.39. The van der Waals surface area contributed by atoms with Gasteiger partial charge in [0, 0.05) is 12.3 Å². The van der Waals surface area contributed by atoms with E-state index < -0.39 is 6.10 Å². The SMILES string of the molecule is CCC(Oc1ccccc1Cl)C(=O)Nc1ccc(CCO)cc1. The van der Waals surface area contributed by atoms with Gasteiger partial charge in [0.2, 0.25) is 0 Å². The van der Waals surface area contributed by atoms with Crippen LogP contribution in [0, 0.1) is 0 Å². The van der Waals surface area contributed by atoms with Crippen LogP contribution in [0.2, 0.25) is 5.02 Å². The molecule has 0 aliphatic rings. The van der Waals surface area contributed by atoms with Crippen LogP contribution < -0.4 is 10.1 Å². The molecule has 0 heterocycles. The monoisotopic (exact) mass is 333 g/mol. The van der Waals surface area contributed by atoms with Crippen LogP contribution >= 0.6 is 11.6 Å². The van der Waals surface area contributed by atoms with E-state index in [2.05, 4.69) is 5.32 Å². The molecule has 0 aliphatic carbocycles. The molecule has 0 fully saturated rings. The van der Waals surface area contributed by atoms with E-state index in [9.17, 15) is 4.79 Å². The largest absolute Gasteiger partial charge is 0.479 e. The Morgan fingerprint density at radius 3 is 2.52 bits per heavy atom. The number of rotatable bonds is 7. The third kappa shape index (κ3) is 4.98. The molecule has 2 rings (SSSR count). The number of para-hydroxylation sites is 1. The van der Waals surface area contributed by atoms with Crippen molar-refractivity contribution < 1.29 is 14.6 Å². The van der Waals surface area contributed by atoms with Gasteiger partial charge in [0.15, 0.2) is 6.10 Å². The maximum Gasteiger partial charge on any atom is 0.265 e. The Balaban J connectivity index is 2.01. The van der Waals surface area contributed by atoms with Gasteiger partial charge in [0.25, 0.3) is 5.91 Å². The van der Waals surface area contributed by atoms with Gasteiger partial charge in [-0.15, -0.1) is 0 Å². The van der Waals surface area contributed by atoms with Gasteiger partial charge in [-0.1, -0.05) is 42.8 Å². The van der Waals surface area contributed by atoms with Gasteiger partial charge in [-0.05, 0) is 42.7 Å². The van der Waals surface area contributed by atoms with Crippen molar-refractivity contribution in [3.8, 4) is 5.75 Å². The van der Waals surface area contributed by atoms with Crippen molar-refractivity contribution in [2.24, 2.45) is 0 Å². The minimum atomic E-state index is -0.619. The van der Waals surface area contributed by atoms with E-state index in [4.69, 9.17) is 21.4 Å². The maximum absolute atomic E-state index is 12.4. The summed E-state index contributed by atoms with van der Waals surface area (Å²) in [4.78, 5) is 12.4. The molecule has 2 aromatic carbocycles. The number of aliphatic hydroxyl groups is 1. The standard InChI is InChI=1S/C18H20ClNO3/c1-2-16(23-17-6-4-3-5-15(17)19)18(22)20-14-9-7-13(8-10-14)11-12-21/h3-10,16,21H,2,11-12H2,1H3,(H,20,22). The highest BCUT2D eigenvalue weighted by molar-refractivity contribution is 6.32. The van der Waals surface area contributed by atoms with Crippen molar-refractivity contribution in [3.05, 3.63) is 59.1 Å². The van der Waals surface area contributed by atoms with Crippen LogP contribution in [-0.2, 0) is 11.2 Å². The molecule has 2 aromatic rings. The number of amides is 1. The van der Waals surface area contributed by atoms with Gasteiger partial charge in [0.1, 0.15) is 5.75 Å². The van der Waals surface area contributed by atoms with Crippen molar-refractivity contribution in [2.75, 3.05) is 11.9 Å². The molecule has 1 unspecified atom stereocenters. The quantitative estimate of drug-likeness (QED) is 0.812. The summed E-state index contributed by atoms with van der Waals surface area (Å²) in [6.07, 6.45) is 0.508. The summed E-state index contributed by atoms with van der Waals surface area (Å²) < 4.78 is 5.71. The first-order chi connectivity index (χ1) is 11.1. The minimum Gasteiger partial charge on any atom is -0.479 e. The number of ether oxygens (including phenoxy) is 1. The molecule has 4 nitrogen and oxygen atoms in total. The summed E-state index contributed by atoms with van der Waals surface area (Å²) in [5, 5.41) is 12.2. The fourth-order valence-corrected chi connectivity index (χ4v) is 2.30. The van der Waals surface area contributed by atoms with E-state index in [1.807, 2.05) is 43.3 Å². The van der Waals surface area contributed by atoms with Crippen LogP contribution in [0.3, 0.4) is 0 Å². The number of carbonyl (C=O) groups excluding carboxylic acids is 1. The van der Waals surface area contributed by atoms with E-state index >= 15 is 0 Å². The molecular weight excluding hydrogens is 314 g/mol. The van der Waals surface area contributed by atoms with Crippen LogP contribution in [-0.4, -0.2) is 23.7 Å². The maximum atomic E-state index is 12.4. The third-order valence-corrected chi connectivity index (χ3v) is 3.70. The molecule has 0 radical (unpaired) electrons. The Bertz CT molecular complexity index is 643. The molecule has 122 valence electrons. The predicted octanol–water partition coefficient (Wildman–Crippen LogP) is 3.67. The van der Waals surface area contributed by atoms with Crippen molar-refractivity contribution in [1.82, 2.24) is 0 Å². The Labute approximate surface area is 141 Å². The molecule has 2 N–H and O–H groups in total. The number of halogens is 1. The Morgan fingerprint density at radius 2 is 1.91 bits per heavy atom. The van der Waals surface area contributed by atoms with Gasteiger partial charge in [-0.2, -0.15) is 0 Å². The highest BCUT2D eigenvalue weighted by atomic mass is 35.5. The van der Waals surface area contributed by atoms with Crippen molar-refractivity contribution in [3.63, 3.8) is 0 Å². The molecule has 0 aliphatic heterocycles. The van der Waals surface area contributed by atoms with Crippen LogP contribution in [0.25, 0.3) is 0 Å². The Kier molecular flexibility index (Phi) is 6.44. The highest BCUT2D eigenvalue weighted by Crippen LogP contribution is 2.25. The van der Waals surface area contributed by atoms with Crippen LogP contribution in [0.4, 0.5) is 5.69 Å². The summed E-state index contributed by atoms with van der Waals surface area (Å²) in [6.45, 7) is 1.99. The molecular formula is C18H20ClNO3. The molecule has 0 saturated carbocycles. The molecule has 1 atom stereocenters. The molecule has 1 amide bonds. The summed E-state index contributed by atoms with van der Waals surface area (Å²) in [5.41, 5.74) is 1.71. The van der Waals surface area contributed by atoms with Crippen molar-refractivity contribution in [1.29, 1.82) is 0 Å². The summed E-state index contributed by atoms with van der Waals surface area (Å²) in [7, 11) is 0. The molecule has 5 heteroatoms. The fraction of sp³-hybridized carbons (Fsp3) is 0.278. The molecule has 23 heavy (non-hydrogen) atoms. The van der Waals surface area contributed by atoms with Crippen LogP contribution in [0.1, 0.15) is 18.9 Å². The molecule has 0 bridgehead atoms. The number of carbonyl (C=O) groups is 1. The number of hydrogen-bond acceptors (Lipinski definition) is 3. The first-order valence-electron chi connectivity index (χ1n) is 7.56. The normalized spacial score (nSPS) is 11.8. The van der Waals surface area contributed by atoms with Crippen molar-refractivity contribution >= 4 is 23.2 Å². The topological polar surface area (TPSA) is 58.6 Å². The zero-order valence-electron chi connectivity index (χ0n) is 13.0. The average Bonchev–Trinajstić information content (AvgIpc) is 2.56. The molecule has 0 saturated heterocycles. The lowest BCUT2D eigenvalue weighted by atomic mass is 10.1. The summed E-state index contributed by atoms with van der Waals surface area (Å²) in [5.74, 6) is 0.275. The second-order valence-electron chi connectivity index (χ2n) is 5.10. The van der Waals surface area contributed by atoms with E-state index in [-0.39, 0.29) is 12.5 Å². The number of aliphatic hydroxyl groups excluding tert-OH is 1. The minimum absolute atomic E-state index is 0.106. The second kappa shape index (κ2) is 8.56. The zero-order valence-corrected chi connectivity index (χ0v) is 13.7.